The fourth-order valence-corrected chi connectivity index (χ4v) is 2.06. The minimum absolute atomic E-state index is 0.194. The fraction of sp³-hybridized carbons (Fsp3) is 0.125. The molecule has 0 heterocycles. The summed E-state index contributed by atoms with van der Waals surface area (Å²) >= 11 is 3.36. The first kappa shape index (κ1) is 15.1. The van der Waals surface area contributed by atoms with Crippen molar-refractivity contribution in [3.8, 4) is 6.07 Å². The van der Waals surface area contributed by atoms with Gasteiger partial charge in [-0.3, -0.25) is 4.79 Å². The molecule has 0 radical (unpaired) electrons. The molecule has 0 aliphatic carbocycles. The molecule has 1 atom stereocenters. The van der Waals surface area contributed by atoms with Crippen molar-refractivity contribution in [1.82, 2.24) is 0 Å². The van der Waals surface area contributed by atoms with Gasteiger partial charge >= 0.3 is 0 Å². The van der Waals surface area contributed by atoms with E-state index in [0.717, 1.165) is 10.2 Å². The Morgan fingerprint density at radius 2 is 1.86 bits per heavy atom. The Bertz CT molecular complexity index is 677. The Balaban J connectivity index is 2.03. The Hall–Kier alpha value is -2.32. The van der Waals surface area contributed by atoms with Gasteiger partial charge in [0, 0.05) is 10.2 Å². The average Bonchev–Trinajstić information content (AvgIpc) is 2.50. The summed E-state index contributed by atoms with van der Waals surface area (Å²) in [5.74, 6) is -0.194. The van der Waals surface area contributed by atoms with Crippen LogP contribution in [0.5, 0.6) is 0 Å². The van der Waals surface area contributed by atoms with Crippen molar-refractivity contribution in [2.24, 2.45) is 0 Å². The molecule has 21 heavy (non-hydrogen) atoms. The summed E-state index contributed by atoms with van der Waals surface area (Å²) in [6.07, 6.45) is 0. The highest BCUT2D eigenvalue weighted by molar-refractivity contribution is 9.10. The number of hydrogen-bond donors (Lipinski definition) is 2. The van der Waals surface area contributed by atoms with Crippen molar-refractivity contribution in [3.05, 3.63) is 58.6 Å². The van der Waals surface area contributed by atoms with Gasteiger partial charge in [-0.1, -0.05) is 28.1 Å². The number of anilines is 2. The maximum atomic E-state index is 12.2. The summed E-state index contributed by atoms with van der Waals surface area (Å²) < 4.78 is 0.980. The van der Waals surface area contributed by atoms with E-state index in [4.69, 9.17) is 5.26 Å². The lowest BCUT2D eigenvalue weighted by Gasteiger charge is -2.15. The third-order valence-electron chi connectivity index (χ3n) is 2.93. The molecule has 0 fully saturated rings. The van der Waals surface area contributed by atoms with Crippen LogP contribution in [0.25, 0.3) is 0 Å². The highest BCUT2D eigenvalue weighted by Gasteiger charge is 2.14. The van der Waals surface area contributed by atoms with Gasteiger partial charge in [-0.15, -0.1) is 0 Å². The van der Waals surface area contributed by atoms with Gasteiger partial charge in [0.2, 0.25) is 5.91 Å². The van der Waals surface area contributed by atoms with Crippen molar-refractivity contribution in [2.45, 2.75) is 13.0 Å². The average molecular weight is 344 g/mol. The summed E-state index contributed by atoms with van der Waals surface area (Å²) in [6, 6.07) is 16.1. The number of carbonyl (C=O) groups excluding carboxylic acids is 1. The molecular formula is C16H14BrN3O. The second-order valence-electron chi connectivity index (χ2n) is 4.52. The molecule has 4 nitrogen and oxygen atoms in total. The second-order valence-corrected chi connectivity index (χ2v) is 5.44. The van der Waals surface area contributed by atoms with Crippen LogP contribution >= 0.6 is 15.9 Å². The van der Waals surface area contributed by atoms with Crippen LogP contribution in [0.2, 0.25) is 0 Å². The molecule has 1 amide bonds. The summed E-state index contributed by atoms with van der Waals surface area (Å²) in [6.45, 7) is 1.77. The number of para-hydroxylation sites is 1. The highest BCUT2D eigenvalue weighted by atomic mass is 79.9. The molecule has 0 aromatic heterocycles. The topological polar surface area (TPSA) is 64.9 Å². The minimum Gasteiger partial charge on any atom is -0.374 e. The Labute approximate surface area is 131 Å². The number of amides is 1. The summed E-state index contributed by atoms with van der Waals surface area (Å²) in [5, 5.41) is 14.9. The third kappa shape index (κ3) is 4.07. The van der Waals surface area contributed by atoms with Gasteiger partial charge in [0.15, 0.2) is 0 Å². The number of nitriles is 1. The van der Waals surface area contributed by atoms with Crippen LogP contribution in [0, 0.1) is 11.3 Å². The number of carbonyl (C=O) groups is 1. The molecule has 0 aliphatic heterocycles. The van der Waals surface area contributed by atoms with E-state index in [9.17, 15) is 4.79 Å². The van der Waals surface area contributed by atoms with Crippen molar-refractivity contribution in [2.75, 3.05) is 10.6 Å². The molecule has 2 rings (SSSR count). The van der Waals surface area contributed by atoms with Gasteiger partial charge in [-0.2, -0.15) is 5.26 Å². The van der Waals surface area contributed by atoms with Gasteiger partial charge in [0.1, 0.15) is 12.1 Å². The molecule has 1 unspecified atom stereocenters. The molecule has 5 heteroatoms. The first-order chi connectivity index (χ1) is 10.1. The van der Waals surface area contributed by atoms with E-state index in [1.165, 1.54) is 0 Å². The van der Waals surface area contributed by atoms with E-state index in [0.29, 0.717) is 11.3 Å². The summed E-state index contributed by atoms with van der Waals surface area (Å²) in [4.78, 5) is 12.2. The van der Waals surface area contributed by atoms with E-state index in [2.05, 4.69) is 32.6 Å². The Kier molecular flexibility index (Phi) is 4.96. The monoisotopic (exact) mass is 343 g/mol. The van der Waals surface area contributed by atoms with Crippen LogP contribution in [0.3, 0.4) is 0 Å². The predicted octanol–water partition coefficient (Wildman–Crippen LogP) is 3.76. The van der Waals surface area contributed by atoms with Crippen LogP contribution < -0.4 is 10.6 Å². The fourth-order valence-electron chi connectivity index (χ4n) is 1.79. The van der Waals surface area contributed by atoms with Crippen molar-refractivity contribution in [3.63, 3.8) is 0 Å². The van der Waals surface area contributed by atoms with E-state index >= 15 is 0 Å². The van der Waals surface area contributed by atoms with Crippen LogP contribution in [-0.4, -0.2) is 11.9 Å². The maximum Gasteiger partial charge on any atom is 0.246 e. The van der Waals surface area contributed by atoms with E-state index < -0.39 is 6.04 Å². The molecule has 0 aliphatic rings. The zero-order valence-electron chi connectivity index (χ0n) is 11.4. The lowest BCUT2D eigenvalue weighted by molar-refractivity contribution is -0.116. The molecule has 106 valence electrons. The number of nitrogens with one attached hydrogen (secondary N) is 2. The summed E-state index contributed by atoms with van der Waals surface area (Å²) in [7, 11) is 0. The minimum atomic E-state index is -0.419. The smallest absolute Gasteiger partial charge is 0.246 e. The van der Waals surface area contributed by atoms with Crippen LogP contribution in [0.4, 0.5) is 11.4 Å². The largest absolute Gasteiger partial charge is 0.374 e. The predicted molar refractivity (Wildman–Crippen MR) is 87.0 cm³/mol. The number of nitrogens with zero attached hydrogens (tertiary/aromatic N) is 1. The standard InChI is InChI=1S/C16H14BrN3O/c1-11(19-14-8-6-13(17)7-9-14)16(21)20-15-5-3-2-4-12(15)10-18/h2-9,11,19H,1H3,(H,20,21). The molecule has 0 saturated carbocycles. The first-order valence-corrected chi connectivity index (χ1v) is 7.21. The third-order valence-corrected chi connectivity index (χ3v) is 3.45. The number of rotatable bonds is 4. The molecule has 0 bridgehead atoms. The quantitative estimate of drug-likeness (QED) is 0.888. The van der Waals surface area contributed by atoms with E-state index in [-0.39, 0.29) is 5.91 Å². The van der Waals surface area contributed by atoms with Crippen LogP contribution in [-0.2, 0) is 4.79 Å². The molecular weight excluding hydrogens is 330 g/mol. The number of benzene rings is 2. The number of halogens is 1. The van der Waals surface area contributed by atoms with Crippen molar-refractivity contribution in [1.29, 1.82) is 5.26 Å². The second kappa shape index (κ2) is 6.91. The maximum absolute atomic E-state index is 12.2. The van der Waals surface area contributed by atoms with Gasteiger partial charge in [0.05, 0.1) is 11.3 Å². The van der Waals surface area contributed by atoms with E-state index in [1.54, 1.807) is 31.2 Å². The number of hydrogen-bond acceptors (Lipinski definition) is 3. The van der Waals surface area contributed by atoms with Gasteiger partial charge < -0.3 is 10.6 Å². The van der Waals surface area contributed by atoms with Crippen LogP contribution in [0.15, 0.2) is 53.0 Å². The van der Waals surface area contributed by atoms with Crippen LogP contribution in [0.1, 0.15) is 12.5 Å². The molecule has 0 saturated heterocycles. The van der Waals surface area contributed by atoms with Gasteiger partial charge in [0.25, 0.3) is 0 Å². The Morgan fingerprint density at radius 3 is 2.52 bits per heavy atom. The highest BCUT2D eigenvalue weighted by Crippen LogP contribution is 2.17. The molecule has 0 spiro atoms. The molecule has 2 N–H and O–H groups in total. The normalized spacial score (nSPS) is 11.3. The SMILES string of the molecule is CC(Nc1ccc(Br)cc1)C(=O)Nc1ccccc1C#N. The zero-order valence-corrected chi connectivity index (χ0v) is 13.0. The lowest BCUT2D eigenvalue weighted by atomic mass is 10.2. The Morgan fingerprint density at radius 1 is 1.19 bits per heavy atom. The zero-order chi connectivity index (χ0) is 15.2. The molecule has 2 aromatic rings. The van der Waals surface area contributed by atoms with Crippen molar-refractivity contribution < 1.29 is 4.79 Å². The van der Waals surface area contributed by atoms with Crippen molar-refractivity contribution >= 4 is 33.2 Å². The van der Waals surface area contributed by atoms with Gasteiger partial charge in [-0.05, 0) is 43.3 Å². The summed E-state index contributed by atoms with van der Waals surface area (Å²) in [5.41, 5.74) is 1.82. The van der Waals surface area contributed by atoms with E-state index in [1.807, 2.05) is 24.3 Å². The lowest BCUT2D eigenvalue weighted by Crippen LogP contribution is -2.32. The first-order valence-electron chi connectivity index (χ1n) is 6.42. The molecule has 2 aromatic carbocycles. The van der Waals surface area contributed by atoms with Gasteiger partial charge in [-0.25, -0.2) is 0 Å².